The summed E-state index contributed by atoms with van der Waals surface area (Å²) in [5.41, 5.74) is 1.71. The Morgan fingerprint density at radius 2 is 1.70 bits per heavy atom. The Bertz CT molecular complexity index is 731. The maximum atomic E-state index is 10.5. The van der Waals surface area contributed by atoms with Crippen molar-refractivity contribution in [1.82, 2.24) is 0 Å². The lowest BCUT2D eigenvalue weighted by atomic mass is 10.0. The van der Waals surface area contributed by atoms with Gasteiger partial charge in [0, 0.05) is 21.2 Å². The van der Waals surface area contributed by atoms with Crippen molar-refractivity contribution >= 4 is 44.6 Å². The number of hydrogen-bond acceptors (Lipinski definition) is 2. The maximum absolute atomic E-state index is 10.5. The second-order valence-corrected chi connectivity index (χ2v) is 6.34. The third-order valence-electron chi connectivity index (χ3n) is 3.33. The van der Waals surface area contributed by atoms with Crippen LogP contribution in [-0.4, -0.2) is 5.11 Å². The molecule has 3 rings (SSSR count). The molecule has 1 aromatic heterocycles. The Morgan fingerprint density at radius 3 is 2.45 bits per heavy atom. The molecule has 0 spiro atoms. The van der Waals surface area contributed by atoms with Gasteiger partial charge in [0.25, 0.3) is 0 Å². The van der Waals surface area contributed by atoms with Crippen molar-refractivity contribution in [3.8, 4) is 0 Å². The van der Waals surface area contributed by atoms with E-state index in [9.17, 15) is 5.11 Å². The average molecular weight is 323 g/mol. The Morgan fingerprint density at radius 1 is 1.00 bits per heavy atom. The molecular weight excluding hydrogens is 311 g/mol. The molecule has 1 N–H and O–H groups in total. The van der Waals surface area contributed by atoms with E-state index in [0.717, 1.165) is 21.2 Å². The monoisotopic (exact) mass is 322 g/mol. The fourth-order valence-corrected chi connectivity index (χ4v) is 3.82. The summed E-state index contributed by atoms with van der Waals surface area (Å²) < 4.78 is 1.11. The number of halogens is 2. The first kappa shape index (κ1) is 13.9. The van der Waals surface area contributed by atoms with Crippen molar-refractivity contribution in [1.29, 1.82) is 0 Å². The number of fused-ring (bicyclic) bond motifs is 1. The van der Waals surface area contributed by atoms with Gasteiger partial charge in [-0.15, -0.1) is 11.3 Å². The van der Waals surface area contributed by atoms with Crippen LogP contribution in [0.5, 0.6) is 0 Å². The van der Waals surface area contributed by atoms with Crippen LogP contribution >= 0.6 is 34.5 Å². The molecule has 0 aliphatic heterocycles. The Labute approximate surface area is 131 Å². The molecule has 2 aromatic carbocycles. The highest BCUT2D eigenvalue weighted by Gasteiger charge is 2.16. The highest BCUT2D eigenvalue weighted by molar-refractivity contribution is 7.17. The van der Waals surface area contributed by atoms with Gasteiger partial charge in [-0.2, -0.15) is 0 Å². The van der Waals surface area contributed by atoms with Gasteiger partial charge in [0.05, 0.1) is 6.10 Å². The van der Waals surface area contributed by atoms with E-state index < -0.39 is 6.10 Å². The largest absolute Gasteiger partial charge is 0.388 e. The van der Waals surface area contributed by atoms with Gasteiger partial charge in [0.1, 0.15) is 0 Å². The lowest BCUT2D eigenvalue weighted by Crippen LogP contribution is -2.03. The normalized spacial score (nSPS) is 12.8. The van der Waals surface area contributed by atoms with E-state index in [1.807, 2.05) is 23.6 Å². The summed E-state index contributed by atoms with van der Waals surface area (Å²) in [6.07, 6.45) is -0.204. The van der Waals surface area contributed by atoms with Crippen LogP contribution in [0.4, 0.5) is 0 Å². The fourth-order valence-electron chi connectivity index (χ4n) is 2.31. The molecule has 3 aromatic rings. The smallest absolute Gasteiger partial charge is 0.0845 e. The molecule has 0 bridgehead atoms. The molecule has 0 fully saturated rings. The van der Waals surface area contributed by atoms with Crippen molar-refractivity contribution in [2.75, 3.05) is 0 Å². The van der Waals surface area contributed by atoms with Gasteiger partial charge in [-0.25, -0.2) is 0 Å². The Balaban J connectivity index is 1.97. The molecule has 0 aliphatic carbocycles. The van der Waals surface area contributed by atoms with Crippen LogP contribution in [0.2, 0.25) is 10.0 Å². The molecular formula is C16H12Cl2OS. The van der Waals surface area contributed by atoms with Crippen molar-refractivity contribution in [3.05, 3.63) is 69.0 Å². The van der Waals surface area contributed by atoms with Crippen molar-refractivity contribution in [2.45, 2.75) is 12.5 Å². The van der Waals surface area contributed by atoms with Crippen LogP contribution in [0.15, 0.2) is 47.8 Å². The zero-order valence-electron chi connectivity index (χ0n) is 10.5. The number of hydrogen-bond donors (Lipinski definition) is 1. The maximum Gasteiger partial charge on any atom is 0.0845 e. The molecule has 0 saturated carbocycles. The van der Waals surface area contributed by atoms with Gasteiger partial charge in [-0.05, 0) is 40.1 Å². The second-order valence-electron chi connectivity index (χ2n) is 4.61. The van der Waals surface area contributed by atoms with E-state index in [4.69, 9.17) is 23.2 Å². The van der Waals surface area contributed by atoms with Crippen LogP contribution in [0, 0.1) is 0 Å². The second kappa shape index (κ2) is 5.74. The third-order valence-corrected chi connectivity index (χ3v) is 5.02. The molecule has 1 nitrogen and oxygen atoms in total. The van der Waals surface area contributed by atoms with Gasteiger partial charge in [-0.3, -0.25) is 0 Å². The Hall–Kier alpha value is -1.06. The zero-order chi connectivity index (χ0) is 14.1. The van der Waals surface area contributed by atoms with E-state index in [1.165, 1.54) is 0 Å². The molecule has 20 heavy (non-hydrogen) atoms. The van der Waals surface area contributed by atoms with E-state index in [1.54, 1.807) is 29.5 Å². The van der Waals surface area contributed by atoms with Gasteiger partial charge < -0.3 is 5.11 Å². The highest BCUT2D eigenvalue weighted by Crippen LogP contribution is 2.33. The first-order valence-corrected chi connectivity index (χ1v) is 7.87. The minimum absolute atomic E-state index is 0.412. The number of rotatable bonds is 3. The van der Waals surface area contributed by atoms with Crippen molar-refractivity contribution < 1.29 is 5.11 Å². The van der Waals surface area contributed by atoms with Gasteiger partial charge in [0.2, 0.25) is 0 Å². The SMILES string of the molecule is OC(Cc1c(Cl)cccc1Cl)c1cccc2ccsc12. The lowest BCUT2D eigenvalue weighted by molar-refractivity contribution is 0.180. The lowest BCUT2D eigenvalue weighted by Gasteiger charge is -2.14. The van der Waals surface area contributed by atoms with Crippen LogP contribution < -0.4 is 0 Å². The molecule has 1 unspecified atom stereocenters. The van der Waals surface area contributed by atoms with Crippen molar-refractivity contribution in [3.63, 3.8) is 0 Å². The highest BCUT2D eigenvalue weighted by atomic mass is 35.5. The quantitative estimate of drug-likeness (QED) is 0.676. The molecule has 0 amide bonds. The molecule has 102 valence electrons. The summed E-state index contributed by atoms with van der Waals surface area (Å²) in [5, 5.41) is 14.9. The van der Waals surface area contributed by atoms with Crippen LogP contribution in [-0.2, 0) is 6.42 Å². The summed E-state index contributed by atoms with van der Waals surface area (Å²) in [4.78, 5) is 0. The van der Waals surface area contributed by atoms with E-state index in [0.29, 0.717) is 16.5 Å². The summed E-state index contributed by atoms with van der Waals surface area (Å²) in [5.74, 6) is 0. The molecule has 0 radical (unpaired) electrons. The number of benzene rings is 2. The van der Waals surface area contributed by atoms with Gasteiger partial charge in [-0.1, -0.05) is 47.5 Å². The van der Waals surface area contributed by atoms with Crippen LogP contribution in [0.3, 0.4) is 0 Å². The van der Waals surface area contributed by atoms with Crippen LogP contribution in [0.1, 0.15) is 17.2 Å². The van der Waals surface area contributed by atoms with E-state index in [2.05, 4.69) is 6.07 Å². The van der Waals surface area contributed by atoms with Gasteiger partial charge >= 0.3 is 0 Å². The topological polar surface area (TPSA) is 20.2 Å². The van der Waals surface area contributed by atoms with Crippen molar-refractivity contribution in [2.24, 2.45) is 0 Å². The predicted molar refractivity (Wildman–Crippen MR) is 87.0 cm³/mol. The summed E-state index contributed by atoms with van der Waals surface area (Å²) in [7, 11) is 0. The summed E-state index contributed by atoms with van der Waals surface area (Å²) >= 11 is 14.0. The minimum Gasteiger partial charge on any atom is -0.388 e. The fraction of sp³-hybridized carbons (Fsp3) is 0.125. The third kappa shape index (κ3) is 2.57. The van der Waals surface area contributed by atoms with E-state index in [-0.39, 0.29) is 0 Å². The van der Waals surface area contributed by atoms with Crippen LogP contribution in [0.25, 0.3) is 10.1 Å². The Kier molecular flexibility index (Phi) is 3.99. The molecule has 1 heterocycles. The molecule has 0 saturated heterocycles. The number of thiophene rings is 1. The molecule has 1 atom stereocenters. The first-order chi connectivity index (χ1) is 9.66. The molecule has 0 aliphatic rings. The predicted octanol–water partition coefficient (Wildman–Crippen LogP) is 5.48. The summed E-state index contributed by atoms with van der Waals surface area (Å²) in [6.45, 7) is 0. The first-order valence-electron chi connectivity index (χ1n) is 6.24. The zero-order valence-corrected chi connectivity index (χ0v) is 12.8. The average Bonchev–Trinajstić information content (AvgIpc) is 2.91. The summed E-state index contributed by atoms with van der Waals surface area (Å²) in [6, 6.07) is 13.4. The standard InChI is InChI=1S/C16H12Cl2OS/c17-13-5-2-6-14(18)12(13)9-15(19)11-4-1-3-10-7-8-20-16(10)11/h1-8,15,19H,9H2. The minimum atomic E-state index is -0.616. The van der Waals surface area contributed by atoms with Gasteiger partial charge in [0.15, 0.2) is 0 Å². The number of aliphatic hydroxyl groups is 1. The van der Waals surface area contributed by atoms with E-state index >= 15 is 0 Å². The molecule has 4 heteroatoms. The number of aliphatic hydroxyl groups excluding tert-OH is 1.